The van der Waals surface area contributed by atoms with Crippen molar-refractivity contribution in [2.45, 2.75) is 19.8 Å². The lowest BCUT2D eigenvalue weighted by Crippen LogP contribution is -2.41. The maximum atomic E-state index is 6.10. The van der Waals surface area contributed by atoms with Gasteiger partial charge in [-0.3, -0.25) is 0 Å². The van der Waals surface area contributed by atoms with Crippen LogP contribution in [0.1, 0.15) is 19.8 Å². The lowest BCUT2D eigenvalue weighted by atomic mass is 9.87. The van der Waals surface area contributed by atoms with Gasteiger partial charge in [-0.1, -0.05) is 23.7 Å². The third-order valence-electron chi connectivity index (χ3n) is 4.70. The quantitative estimate of drug-likeness (QED) is 0.304. The van der Waals surface area contributed by atoms with E-state index in [1.807, 2.05) is 24.3 Å². The van der Waals surface area contributed by atoms with Crippen molar-refractivity contribution in [2.75, 3.05) is 46.0 Å². The summed E-state index contributed by atoms with van der Waals surface area (Å²) in [6.45, 7) is 7.94. The molecule has 2 aliphatic rings. The highest BCUT2D eigenvalue weighted by Gasteiger charge is 2.42. The fourth-order valence-electron chi connectivity index (χ4n) is 3.38. The van der Waals surface area contributed by atoms with Crippen molar-refractivity contribution >= 4 is 41.5 Å². The summed E-state index contributed by atoms with van der Waals surface area (Å²) in [6.07, 6.45) is 2.35. The number of para-hydroxylation sites is 1. The number of guanidine groups is 1. The molecule has 1 aromatic rings. The lowest BCUT2D eigenvalue weighted by molar-refractivity contribution is 0.156. The van der Waals surface area contributed by atoms with Crippen LogP contribution in [-0.2, 0) is 4.74 Å². The molecule has 0 bridgehead atoms. The van der Waals surface area contributed by atoms with E-state index in [0.717, 1.165) is 38.8 Å². The Kier molecular flexibility index (Phi) is 8.09. The smallest absolute Gasteiger partial charge is 0.194 e. The normalized spacial score (nSPS) is 23.0. The number of hydrogen-bond donors (Lipinski definition) is 1. The largest absolute Gasteiger partial charge is 0.490 e. The zero-order chi connectivity index (χ0) is 16.8. The van der Waals surface area contributed by atoms with Crippen molar-refractivity contribution in [3.8, 4) is 5.75 Å². The summed E-state index contributed by atoms with van der Waals surface area (Å²) in [4.78, 5) is 7.07. The van der Waals surface area contributed by atoms with Gasteiger partial charge in [0.05, 0.1) is 18.2 Å². The topological polar surface area (TPSA) is 46.1 Å². The molecule has 0 saturated carbocycles. The van der Waals surface area contributed by atoms with Gasteiger partial charge in [0.15, 0.2) is 5.96 Å². The van der Waals surface area contributed by atoms with E-state index < -0.39 is 0 Å². The minimum Gasteiger partial charge on any atom is -0.490 e. The average Bonchev–Trinajstić information content (AvgIpc) is 3.22. The number of nitrogens with zero attached hydrogens (tertiary/aromatic N) is 2. The van der Waals surface area contributed by atoms with Crippen molar-refractivity contribution in [3.05, 3.63) is 29.3 Å². The Morgan fingerprint density at radius 2 is 2.24 bits per heavy atom. The summed E-state index contributed by atoms with van der Waals surface area (Å²) in [5, 5.41) is 4.03. The van der Waals surface area contributed by atoms with E-state index in [-0.39, 0.29) is 24.0 Å². The van der Waals surface area contributed by atoms with Crippen molar-refractivity contribution in [1.82, 2.24) is 10.2 Å². The van der Waals surface area contributed by atoms with E-state index >= 15 is 0 Å². The Hall–Kier alpha value is -0.730. The molecule has 3 rings (SSSR count). The summed E-state index contributed by atoms with van der Waals surface area (Å²) in [5.74, 6) is 1.69. The summed E-state index contributed by atoms with van der Waals surface area (Å²) in [5.41, 5.74) is 0.338. The predicted octanol–water partition coefficient (Wildman–Crippen LogP) is 3.41. The molecule has 1 aromatic carbocycles. The summed E-state index contributed by atoms with van der Waals surface area (Å²) >= 11 is 6.10. The molecule has 1 N–H and O–H groups in total. The van der Waals surface area contributed by atoms with Gasteiger partial charge in [0.1, 0.15) is 12.4 Å². The number of likely N-dealkylation sites (tertiary alicyclic amines) is 1. The van der Waals surface area contributed by atoms with Gasteiger partial charge in [0.2, 0.25) is 0 Å². The van der Waals surface area contributed by atoms with Crippen LogP contribution in [0.5, 0.6) is 5.75 Å². The van der Waals surface area contributed by atoms with Gasteiger partial charge in [0, 0.05) is 31.7 Å². The maximum absolute atomic E-state index is 6.10. The molecule has 0 aromatic heterocycles. The van der Waals surface area contributed by atoms with Gasteiger partial charge in [-0.25, -0.2) is 4.99 Å². The number of aliphatic imine (C=N–C) groups is 1. The summed E-state index contributed by atoms with van der Waals surface area (Å²) in [6, 6.07) is 7.52. The Morgan fingerprint density at radius 1 is 1.40 bits per heavy atom. The van der Waals surface area contributed by atoms with Crippen LogP contribution in [0.3, 0.4) is 0 Å². The number of hydrogen-bond acceptors (Lipinski definition) is 3. The third-order valence-corrected chi connectivity index (χ3v) is 5.02. The molecular weight excluding hydrogens is 453 g/mol. The van der Waals surface area contributed by atoms with Crippen molar-refractivity contribution in [1.29, 1.82) is 0 Å². The van der Waals surface area contributed by atoms with Gasteiger partial charge in [-0.05, 0) is 31.9 Å². The van der Waals surface area contributed by atoms with Crippen LogP contribution in [-0.4, -0.2) is 56.9 Å². The molecule has 0 aliphatic carbocycles. The highest BCUT2D eigenvalue weighted by atomic mass is 127. The Balaban J connectivity index is 0.00000225. The third kappa shape index (κ3) is 5.37. The fourth-order valence-corrected chi connectivity index (χ4v) is 3.57. The Bertz CT molecular complexity index is 579. The second-order valence-corrected chi connectivity index (χ2v) is 6.90. The molecule has 2 aliphatic heterocycles. The van der Waals surface area contributed by atoms with E-state index in [9.17, 15) is 0 Å². The zero-order valence-corrected chi connectivity index (χ0v) is 17.8. The molecule has 0 radical (unpaired) electrons. The number of benzene rings is 1. The molecule has 5 nitrogen and oxygen atoms in total. The van der Waals surface area contributed by atoms with Crippen molar-refractivity contribution in [3.63, 3.8) is 0 Å². The Morgan fingerprint density at radius 3 is 2.96 bits per heavy atom. The highest BCUT2D eigenvalue weighted by Crippen LogP contribution is 2.38. The van der Waals surface area contributed by atoms with Crippen LogP contribution < -0.4 is 10.1 Å². The maximum Gasteiger partial charge on any atom is 0.194 e. The monoisotopic (exact) mass is 479 g/mol. The first-order chi connectivity index (χ1) is 11.7. The fraction of sp³-hybridized carbons (Fsp3) is 0.611. The minimum atomic E-state index is 0. The molecule has 1 atom stereocenters. The van der Waals surface area contributed by atoms with Crippen LogP contribution in [0.2, 0.25) is 5.02 Å². The van der Waals surface area contributed by atoms with Crippen LogP contribution in [0, 0.1) is 5.41 Å². The molecule has 2 fully saturated rings. The predicted molar refractivity (Wildman–Crippen MR) is 112 cm³/mol. The molecule has 25 heavy (non-hydrogen) atoms. The minimum absolute atomic E-state index is 0. The first kappa shape index (κ1) is 20.6. The molecule has 1 spiro atoms. The van der Waals surface area contributed by atoms with Crippen LogP contribution in [0.4, 0.5) is 0 Å². The van der Waals surface area contributed by atoms with Gasteiger partial charge in [-0.15, -0.1) is 24.0 Å². The second-order valence-electron chi connectivity index (χ2n) is 6.49. The van der Waals surface area contributed by atoms with E-state index in [1.165, 1.54) is 12.8 Å². The molecular formula is C18H27ClIN3O2. The van der Waals surface area contributed by atoms with E-state index in [1.54, 1.807) is 0 Å². The van der Waals surface area contributed by atoms with Crippen molar-refractivity contribution < 1.29 is 9.47 Å². The van der Waals surface area contributed by atoms with Gasteiger partial charge >= 0.3 is 0 Å². The van der Waals surface area contributed by atoms with Crippen LogP contribution >= 0.6 is 35.6 Å². The number of nitrogens with one attached hydrogen (secondary N) is 1. The molecule has 140 valence electrons. The van der Waals surface area contributed by atoms with Gasteiger partial charge in [-0.2, -0.15) is 0 Å². The van der Waals surface area contributed by atoms with E-state index in [2.05, 4.69) is 17.1 Å². The first-order valence-electron chi connectivity index (χ1n) is 8.71. The molecule has 2 heterocycles. The first-order valence-corrected chi connectivity index (χ1v) is 9.09. The zero-order valence-electron chi connectivity index (χ0n) is 14.7. The molecule has 0 amide bonds. The number of rotatable bonds is 5. The highest BCUT2D eigenvalue weighted by molar-refractivity contribution is 14.0. The van der Waals surface area contributed by atoms with Crippen LogP contribution in [0.15, 0.2) is 29.3 Å². The standard InChI is InChI=1S/C18H26ClN3O2.HI/c1-2-20-17(22-10-7-18(13-22)8-11-23-14-18)21-9-12-24-16-6-4-3-5-15(16)19;/h3-6H,2,7-14H2,1H3,(H,20,21);1H. The van der Waals surface area contributed by atoms with Crippen LogP contribution in [0.25, 0.3) is 0 Å². The number of halogens is 2. The molecule has 7 heteroatoms. The lowest BCUT2D eigenvalue weighted by Gasteiger charge is -2.25. The van der Waals surface area contributed by atoms with E-state index in [0.29, 0.717) is 29.3 Å². The second kappa shape index (κ2) is 9.83. The van der Waals surface area contributed by atoms with Crippen molar-refractivity contribution in [2.24, 2.45) is 10.4 Å². The number of ether oxygens (including phenoxy) is 2. The molecule has 2 saturated heterocycles. The summed E-state index contributed by atoms with van der Waals surface area (Å²) in [7, 11) is 0. The van der Waals surface area contributed by atoms with Gasteiger partial charge in [0.25, 0.3) is 0 Å². The van der Waals surface area contributed by atoms with Gasteiger partial charge < -0.3 is 19.7 Å². The Labute approximate surface area is 172 Å². The molecule has 1 unspecified atom stereocenters. The average molecular weight is 480 g/mol. The summed E-state index contributed by atoms with van der Waals surface area (Å²) < 4.78 is 11.3. The van der Waals surface area contributed by atoms with E-state index in [4.69, 9.17) is 26.1 Å². The SMILES string of the molecule is CCNC(=NCCOc1ccccc1Cl)N1CCC2(CCOC2)C1.I.